The number of carboxylic acid groups (broad SMARTS) is 1. The highest BCUT2D eigenvalue weighted by atomic mass is 16.5. The van der Waals surface area contributed by atoms with E-state index in [0.29, 0.717) is 11.3 Å². The minimum absolute atomic E-state index is 0.0691. The molecule has 1 aromatic carbocycles. The quantitative estimate of drug-likeness (QED) is 0.795. The lowest BCUT2D eigenvalue weighted by molar-refractivity contribution is -0.135. The summed E-state index contributed by atoms with van der Waals surface area (Å²) in [7, 11) is 1.55. The van der Waals surface area contributed by atoms with Crippen molar-refractivity contribution in [3.63, 3.8) is 0 Å². The summed E-state index contributed by atoms with van der Waals surface area (Å²) in [6.07, 6.45) is -0.0691. The van der Waals surface area contributed by atoms with Gasteiger partial charge in [-0.15, -0.1) is 0 Å². The molecule has 1 rings (SSSR count). The highest BCUT2D eigenvalue weighted by Gasteiger charge is 2.08. The minimum atomic E-state index is -0.888. The number of aliphatic carboxylic acids is 1. The van der Waals surface area contributed by atoms with E-state index in [1.807, 2.05) is 12.1 Å². The van der Waals surface area contributed by atoms with E-state index in [0.717, 1.165) is 5.56 Å². The van der Waals surface area contributed by atoms with Crippen LogP contribution in [0.4, 0.5) is 0 Å². The molecule has 14 heavy (non-hydrogen) atoms. The Kier molecular flexibility index (Phi) is 3.29. The summed E-state index contributed by atoms with van der Waals surface area (Å²) >= 11 is 0. The minimum Gasteiger partial charge on any atom is -0.496 e. The predicted molar refractivity (Wildman–Crippen MR) is 54.3 cm³/mol. The van der Waals surface area contributed by atoms with E-state index >= 15 is 0 Å². The normalized spacial score (nSPS) is 9.50. The molecule has 0 aliphatic rings. The van der Waals surface area contributed by atoms with Crippen LogP contribution in [-0.2, 0) is 4.79 Å². The summed E-state index contributed by atoms with van der Waals surface area (Å²) in [4.78, 5) is 10.5. The monoisotopic (exact) mass is 192 g/mol. The van der Waals surface area contributed by atoms with Gasteiger partial charge in [0.1, 0.15) is 5.75 Å². The fourth-order valence-corrected chi connectivity index (χ4v) is 1.21. The lowest BCUT2D eigenvalue weighted by Gasteiger charge is -2.08. The van der Waals surface area contributed by atoms with E-state index in [9.17, 15) is 4.79 Å². The van der Waals surface area contributed by atoms with E-state index in [1.165, 1.54) is 0 Å². The van der Waals surface area contributed by atoms with Crippen LogP contribution in [-0.4, -0.2) is 18.2 Å². The van der Waals surface area contributed by atoms with Gasteiger partial charge in [-0.25, -0.2) is 0 Å². The van der Waals surface area contributed by atoms with E-state index in [2.05, 4.69) is 6.58 Å². The lowest BCUT2D eigenvalue weighted by Crippen LogP contribution is -1.97. The van der Waals surface area contributed by atoms with Crippen LogP contribution >= 0.6 is 0 Å². The average molecular weight is 192 g/mol. The number of hydrogen-bond donors (Lipinski definition) is 1. The van der Waals surface area contributed by atoms with Crippen molar-refractivity contribution in [2.45, 2.75) is 6.42 Å². The molecule has 0 saturated carbocycles. The van der Waals surface area contributed by atoms with Gasteiger partial charge in [0, 0.05) is 5.56 Å². The molecule has 0 unspecified atom stereocenters. The van der Waals surface area contributed by atoms with Crippen molar-refractivity contribution in [3.8, 4) is 5.75 Å². The van der Waals surface area contributed by atoms with Crippen LogP contribution in [0.1, 0.15) is 12.0 Å². The predicted octanol–water partition coefficient (Wildman–Crippen LogP) is 2.18. The second-order valence-corrected chi connectivity index (χ2v) is 2.87. The molecule has 3 heteroatoms. The van der Waals surface area contributed by atoms with Gasteiger partial charge in [-0.2, -0.15) is 0 Å². The third-order valence-electron chi connectivity index (χ3n) is 1.85. The van der Waals surface area contributed by atoms with Crippen LogP contribution < -0.4 is 4.74 Å². The van der Waals surface area contributed by atoms with Crippen molar-refractivity contribution in [3.05, 3.63) is 36.4 Å². The van der Waals surface area contributed by atoms with Crippen molar-refractivity contribution < 1.29 is 14.6 Å². The van der Waals surface area contributed by atoms with Gasteiger partial charge in [0.15, 0.2) is 0 Å². The van der Waals surface area contributed by atoms with Gasteiger partial charge in [-0.1, -0.05) is 24.8 Å². The number of para-hydroxylation sites is 1. The van der Waals surface area contributed by atoms with Crippen molar-refractivity contribution in [2.24, 2.45) is 0 Å². The molecule has 0 fully saturated rings. The molecule has 0 bridgehead atoms. The Morgan fingerprint density at radius 1 is 1.50 bits per heavy atom. The number of methoxy groups -OCH3 is 1. The number of hydrogen-bond acceptors (Lipinski definition) is 2. The van der Waals surface area contributed by atoms with Crippen molar-refractivity contribution in [1.29, 1.82) is 0 Å². The molecule has 0 aromatic heterocycles. The van der Waals surface area contributed by atoms with Crippen LogP contribution in [0.15, 0.2) is 30.8 Å². The van der Waals surface area contributed by atoms with E-state index < -0.39 is 5.97 Å². The largest absolute Gasteiger partial charge is 0.496 e. The summed E-state index contributed by atoms with van der Waals surface area (Å²) in [5.74, 6) is -0.236. The van der Waals surface area contributed by atoms with Gasteiger partial charge in [-0.05, 0) is 11.6 Å². The van der Waals surface area contributed by atoms with Gasteiger partial charge < -0.3 is 9.84 Å². The van der Waals surface area contributed by atoms with Crippen molar-refractivity contribution >= 4 is 11.5 Å². The summed E-state index contributed by atoms with van der Waals surface area (Å²) in [5.41, 5.74) is 1.30. The smallest absolute Gasteiger partial charge is 0.307 e. The standard InChI is InChI=1S/C11H12O3/c1-8(7-11(12)13)9-5-3-4-6-10(9)14-2/h3-6H,1,7H2,2H3,(H,12,13). The van der Waals surface area contributed by atoms with Crippen molar-refractivity contribution in [2.75, 3.05) is 7.11 Å². The Bertz CT molecular complexity index is 355. The maximum atomic E-state index is 10.5. The third kappa shape index (κ3) is 2.36. The fraction of sp³-hybridized carbons (Fsp3) is 0.182. The second kappa shape index (κ2) is 4.46. The fourth-order valence-electron chi connectivity index (χ4n) is 1.21. The van der Waals surface area contributed by atoms with E-state index in [-0.39, 0.29) is 6.42 Å². The lowest BCUT2D eigenvalue weighted by atomic mass is 10.0. The first-order chi connectivity index (χ1) is 6.65. The highest BCUT2D eigenvalue weighted by Crippen LogP contribution is 2.26. The second-order valence-electron chi connectivity index (χ2n) is 2.87. The summed E-state index contributed by atoms with van der Waals surface area (Å²) in [6.45, 7) is 3.71. The molecule has 3 nitrogen and oxygen atoms in total. The summed E-state index contributed by atoms with van der Waals surface area (Å²) < 4.78 is 5.09. The summed E-state index contributed by atoms with van der Waals surface area (Å²) in [5, 5.41) is 8.61. The Morgan fingerprint density at radius 2 is 2.14 bits per heavy atom. The van der Waals surface area contributed by atoms with Gasteiger partial charge in [0.05, 0.1) is 13.5 Å². The zero-order valence-corrected chi connectivity index (χ0v) is 7.99. The van der Waals surface area contributed by atoms with Gasteiger partial charge >= 0.3 is 5.97 Å². The Balaban J connectivity index is 2.94. The number of ether oxygens (including phenoxy) is 1. The molecule has 0 amide bonds. The molecule has 1 N–H and O–H groups in total. The maximum Gasteiger partial charge on any atom is 0.307 e. The molecule has 74 valence electrons. The molecule has 0 saturated heterocycles. The van der Waals surface area contributed by atoms with Crippen LogP contribution in [0.3, 0.4) is 0 Å². The first-order valence-corrected chi connectivity index (χ1v) is 4.18. The molecular weight excluding hydrogens is 180 g/mol. The van der Waals surface area contributed by atoms with E-state index in [1.54, 1.807) is 19.2 Å². The highest BCUT2D eigenvalue weighted by molar-refractivity contribution is 5.84. The zero-order chi connectivity index (χ0) is 10.6. The van der Waals surface area contributed by atoms with Crippen LogP contribution in [0, 0.1) is 0 Å². The summed E-state index contributed by atoms with van der Waals surface area (Å²) in [6, 6.07) is 7.23. The molecular formula is C11H12O3. The van der Waals surface area contributed by atoms with Gasteiger partial charge in [0.2, 0.25) is 0 Å². The molecule has 0 aliphatic carbocycles. The Labute approximate surface area is 82.6 Å². The number of carboxylic acids is 1. The van der Waals surface area contributed by atoms with E-state index in [4.69, 9.17) is 9.84 Å². The first kappa shape index (κ1) is 10.3. The first-order valence-electron chi connectivity index (χ1n) is 4.18. The molecule has 0 atom stereocenters. The van der Waals surface area contributed by atoms with Crippen LogP contribution in [0.2, 0.25) is 0 Å². The topological polar surface area (TPSA) is 46.5 Å². The maximum absolute atomic E-state index is 10.5. The number of carbonyl (C=O) groups is 1. The van der Waals surface area contributed by atoms with Gasteiger partial charge in [0.25, 0.3) is 0 Å². The molecule has 0 spiro atoms. The van der Waals surface area contributed by atoms with Crippen molar-refractivity contribution in [1.82, 2.24) is 0 Å². The number of benzene rings is 1. The SMILES string of the molecule is C=C(CC(=O)O)c1ccccc1OC. The Morgan fingerprint density at radius 3 is 2.71 bits per heavy atom. The molecule has 0 radical (unpaired) electrons. The van der Waals surface area contributed by atoms with Gasteiger partial charge in [-0.3, -0.25) is 4.79 Å². The zero-order valence-electron chi connectivity index (χ0n) is 7.99. The molecule has 0 heterocycles. The average Bonchev–Trinajstić information content (AvgIpc) is 2.16. The molecule has 0 aliphatic heterocycles. The van der Waals surface area contributed by atoms with Crippen LogP contribution in [0.5, 0.6) is 5.75 Å². The number of rotatable bonds is 4. The van der Waals surface area contributed by atoms with Crippen LogP contribution in [0.25, 0.3) is 5.57 Å². The third-order valence-corrected chi connectivity index (χ3v) is 1.85. The Hall–Kier alpha value is -1.77. The molecule has 1 aromatic rings.